The van der Waals surface area contributed by atoms with Gasteiger partial charge in [0.25, 0.3) is 11.8 Å². The van der Waals surface area contributed by atoms with Crippen LogP contribution in [0.3, 0.4) is 0 Å². The van der Waals surface area contributed by atoms with Crippen LogP contribution in [-0.4, -0.2) is 39.3 Å². The quantitative estimate of drug-likeness (QED) is 0.791. The minimum atomic E-state index is -0.550. The zero-order valence-electron chi connectivity index (χ0n) is 12.5. The first-order chi connectivity index (χ1) is 10.9. The molecule has 2 aliphatic heterocycles. The summed E-state index contributed by atoms with van der Waals surface area (Å²) < 4.78 is 0. The zero-order chi connectivity index (χ0) is 16.6. The summed E-state index contributed by atoms with van der Waals surface area (Å²) in [6.07, 6.45) is 1.21. The Morgan fingerprint density at radius 3 is 2.70 bits per heavy atom. The molecule has 2 atom stereocenters. The first-order valence-corrected chi connectivity index (χ1v) is 8.59. The molecule has 2 N–H and O–H groups in total. The van der Waals surface area contributed by atoms with E-state index in [9.17, 15) is 14.4 Å². The summed E-state index contributed by atoms with van der Waals surface area (Å²) >= 11 is 7.37. The van der Waals surface area contributed by atoms with Gasteiger partial charge in [0.1, 0.15) is 6.04 Å². The average molecular weight is 354 g/mol. The lowest BCUT2D eigenvalue weighted by atomic mass is 10.2. The second-order valence-corrected chi connectivity index (χ2v) is 7.65. The molecule has 8 heteroatoms. The molecule has 2 saturated heterocycles. The smallest absolute Gasteiger partial charge is 0.269 e. The predicted molar refractivity (Wildman–Crippen MR) is 87.8 cm³/mol. The van der Waals surface area contributed by atoms with E-state index in [1.165, 1.54) is 0 Å². The second kappa shape index (κ2) is 6.05. The number of thioether (sulfide) groups is 1. The monoisotopic (exact) mass is 353 g/mol. The van der Waals surface area contributed by atoms with Crippen molar-refractivity contribution in [3.8, 4) is 0 Å². The van der Waals surface area contributed by atoms with Crippen LogP contribution < -0.4 is 10.9 Å². The van der Waals surface area contributed by atoms with Crippen LogP contribution in [0.4, 0.5) is 0 Å². The number of benzene rings is 1. The number of amides is 3. The Labute approximate surface area is 142 Å². The van der Waals surface area contributed by atoms with Crippen molar-refractivity contribution in [2.45, 2.75) is 30.7 Å². The lowest BCUT2D eigenvalue weighted by Crippen LogP contribution is -2.54. The van der Waals surface area contributed by atoms with Gasteiger partial charge in [0.15, 0.2) is 0 Å². The molecule has 1 aromatic carbocycles. The fraction of sp³-hybridized carbons (Fsp3) is 0.400. The number of hydrogen-bond donors (Lipinski definition) is 2. The third kappa shape index (κ3) is 3.03. The molecule has 3 amide bonds. The van der Waals surface area contributed by atoms with Crippen molar-refractivity contribution in [3.63, 3.8) is 0 Å². The van der Waals surface area contributed by atoms with Gasteiger partial charge in [-0.25, -0.2) is 0 Å². The maximum absolute atomic E-state index is 12.3. The molecule has 0 aromatic heterocycles. The summed E-state index contributed by atoms with van der Waals surface area (Å²) in [5, 5.41) is 0.528. The SMILES string of the molecule is C[C@@]12CCC(=O)N1[C@@H](C(=O)NNC(=O)c1ccc(Cl)cc1)CS2. The predicted octanol–water partition coefficient (Wildman–Crippen LogP) is 1.55. The number of rotatable bonds is 2. The van der Waals surface area contributed by atoms with Gasteiger partial charge < -0.3 is 4.90 Å². The molecule has 0 saturated carbocycles. The van der Waals surface area contributed by atoms with Crippen LogP contribution in [0, 0.1) is 0 Å². The molecule has 0 spiro atoms. The second-order valence-electron chi connectivity index (χ2n) is 5.72. The van der Waals surface area contributed by atoms with Crippen molar-refractivity contribution in [2.75, 3.05) is 5.75 Å². The van der Waals surface area contributed by atoms with Crippen LogP contribution in [0.15, 0.2) is 24.3 Å². The van der Waals surface area contributed by atoms with Crippen LogP contribution >= 0.6 is 23.4 Å². The standard InChI is InChI=1S/C15H16ClN3O3S/c1-15-7-6-12(20)19(15)11(8-23-15)14(22)18-17-13(21)9-2-4-10(16)5-3-9/h2-5,11H,6-8H2,1H3,(H,17,21)(H,18,22)/t11-,15-/m1/s1. The largest absolute Gasteiger partial charge is 0.315 e. The lowest BCUT2D eigenvalue weighted by Gasteiger charge is -2.29. The van der Waals surface area contributed by atoms with Gasteiger partial charge in [-0.05, 0) is 37.6 Å². The zero-order valence-corrected chi connectivity index (χ0v) is 14.0. The Hall–Kier alpha value is -1.73. The van der Waals surface area contributed by atoms with E-state index >= 15 is 0 Å². The first-order valence-electron chi connectivity index (χ1n) is 7.22. The fourth-order valence-corrected chi connectivity index (χ4v) is 4.45. The van der Waals surface area contributed by atoms with Crippen molar-refractivity contribution >= 4 is 41.1 Å². The van der Waals surface area contributed by atoms with Crippen LogP contribution in [0.2, 0.25) is 5.02 Å². The van der Waals surface area contributed by atoms with Crippen LogP contribution in [-0.2, 0) is 9.59 Å². The summed E-state index contributed by atoms with van der Waals surface area (Å²) in [5.41, 5.74) is 5.17. The highest BCUT2D eigenvalue weighted by Crippen LogP contribution is 2.47. The van der Waals surface area contributed by atoms with E-state index in [-0.39, 0.29) is 16.7 Å². The Bertz CT molecular complexity index is 666. The minimum absolute atomic E-state index is 0.0123. The number of nitrogens with zero attached hydrogens (tertiary/aromatic N) is 1. The van der Waals surface area contributed by atoms with Crippen LogP contribution in [0.1, 0.15) is 30.1 Å². The molecular weight excluding hydrogens is 338 g/mol. The summed E-state index contributed by atoms with van der Waals surface area (Å²) in [4.78, 5) is 37.6. The van der Waals surface area contributed by atoms with E-state index in [1.807, 2.05) is 6.92 Å². The highest BCUT2D eigenvalue weighted by atomic mass is 35.5. The van der Waals surface area contributed by atoms with Crippen molar-refractivity contribution < 1.29 is 14.4 Å². The van der Waals surface area contributed by atoms with Crippen molar-refractivity contribution in [1.82, 2.24) is 15.8 Å². The summed E-state index contributed by atoms with van der Waals surface area (Å²) in [7, 11) is 0. The number of nitrogens with one attached hydrogen (secondary N) is 2. The molecule has 0 bridgehead atoms. The van der Waals surface area contributed by atoms with Crippen molar-refractivity contribution in [2.24, 2.45) is 0 Å². The van der Waals surface area contributed by atoms with E-state index in [4.69, 9.17) is 11.6 Å². The van der Waals surface area contributed by atoms with E-state index in [2.05, 4.69) is 10.9 Å². The molecule has 23 heavy (non-hydrogen) atoms. The molecule has 0 aliphatic carbocycles. The Kier molecular flexibility index (Phi) is 4.25. The third-order valence-electron chi connectivity index (χ3n) is 4.15. The number of halogens is 1. The first kappa shape index (κ1) is 16.1. The normalized spacial score (nSPS) is 26.1. The molecule has 1 aromatic rings. The number of hydrazine groups is 1. The van der Waals surface area contributed by atoms with Gasteiger partial charge in [-0.3, -0.25) is 25.2 Å². The van der Waals surface area contributed by atoms with E-state index in [1.54, 1.807) is 40.9 Å². The lowest BCUT2D eigenvalue weighted by molar-refractivity contribution is -0.138. The van der Waals surface area contributed by atoms with Crippen molar-refractivity contribution in [3.05, 3.63) is 34.9 Å². The molecular formula is C15H16ClN3O3S. The van der Waals surface area contributed by atoms with Gasteiger partial charge in [-0.1, -0.05) is 11.6 Å². The molecule has 6 nitrogen and oxygen atoms in total. The van der Waals surface area contributed by atoms with E-state index < -0.39 is 11.9 Å². The van der Waals surface area contributed by atoms with Gasteiger partial charge in [0.05, 0.1) is 4.87 Å². The van der Waals surface area contributed by atoms with Gasteiger partial charge in [0.2, 0.25) is 5.91 Å². The van der Waals surface area contributed by atoms with Crippen molar-refractivity contribution in [1.29, 1.82) is 0 Å². The molecule has 122 valence electrons. The third-order valence-corrected chi connectivity index (χ3v) is 5.91. The maximum Gasteiger partial charge on any atom is 0.269 e. The molecule has 3 rings (SSSR count). The van der Waals surface area contributed by atoms with E-state index in [0.717, 1.165) is 6.42 Å². The summed E-state index contributed by atoms with van der Waals surface area (Å²) in [5.74, 6) is -0.290. The summed E-state index contributed by atoms with van der Waals surface area (Å²) in [6.45, 7) is 1.97. The summed E-state index contributed by atoms with van der Waals surface area (Å²) in [6, 6.07) is 5.78. The number of carbonyl (C=O) groups is 3. The van der Waals surface area contributed by atoms with Gasteiger partial charge in [-0.15, -0.1) is 11.8 Å². The number of hydrogen-bond acceptors (Lipinski definition) is 4. The highest BCUT2D eigenvalue weighted by Gasteiger charge is 2.52. The van der Waals surface area contributed by atoms with Crippen LogP contribution in [0.5, 0.6) is 0 Å². The Morgan fingerprint density at radius 1 is 1.30 bits per heavy atom. The number of carbonyl (C=O) groups excluding carboxylic acids is 3. The van der Waals surface area contributed by atoms with Crippen LogP contribution in [0.25, 0.3) is 0 Å². The number of fused-ring (bicyclic) bond motifs is 1. The topological polar surface area (TPSA) is 78.5 Å². The average Bonchev–Trinajstić information content (AvgIpc) is 3.02. The molecule has 2 fully saturated rings. The fourth-order valence-electron chi connectivity index (χ4n) is 2.89. The molecule has 0 radical (unpaired) electrons. The van der Waals surface area contributed by atoms with Gasteiger partial charge in [0, 0.05) is 22.8 Å². The van der Waals surface area contributed by atoms with Gasteiger partial charge >= 0.3 is 0 Å². The Balaban J connectivity index is 1.60. The van der Waals surface area contributed by atoms with E-state index in [0.29, 0.717) is 22.8 Å². The molecule has 2 aliphatic rings. The minimum Gasteiger partial charge on any atom is -0.315 e. The Morgan fingerprint density at radius 2 is 2.00 bits per heavy atom. The molecule has 0 unspecified atom stereocenters. The maximum atomic E-state index is 12.3. The highest BCUT2D eigenvalue weighted by molar-refractivity contribution is 8.01. The van der Waals surface area contributed by atoms with Gasteiger partial charge in [-0.2, -0.15) is 0 Å². The molecule has 2 heterocycles.